The maximum absolute atomic E-state index is 13.2. The van der Waals surface area contributed by atoms with Crippen molar-refractivity contribution in [2.45, 2.75) is 32.4 Å². The summed E-state index contributed by atoms with van der Waals surface area (Å²) in [7, 11) is 0. The van der Waals surface area contributed by atoms with Gasteiger partial charge in [-0.1, -0.05) is 32.9 Å². The highest BCUT2D eigenvalue weighted by molar-refractivity contribution is 14.1. The van der Waals surface area contributed by atoms with E-state index < -0.39 is 17.6 Å². The summed E-state index contributed by atoms with van der Waals surface area (Å²) in [4.78, 5) is 12.3. The van der Waals surface area contributed by atoms with Crippen LogP contribution in [-0.4, -0.2) is 11.0 Å². The number of amides is 1. The van der Waals surface area contributed by atoms with Gasteiger partial charge in [-0.25, -0.2) is 0 Å². The molecule has 2 N–H and O–H groups in total. The van der Waals surface area contributed by atoms with Gasteiger partial charge < -0.3 is 5.32 Å². The van der Waals surface area contributed by atoms with E-state index in [1.807, 2.05) is 12.1 Å². The summed E-state index contributed by atoms with van der Waals surface area (Å²) in [5.41, 5.74) is 0.320. The first-order valence-electron chi connectivity index (χ1n) is 7.97. The number of nitrogens with one attached hydrogen (secondary N) is 2. The van der Waals surface area contributed by atoms with Crippen LogP contribution in [0.25, 0.3) is 0 Å². The van der Waals surface area contributed by atoms with Crippen molar-refractivity contribution in [1.29, 1.82) is 0 Å². The second-order valence-electron chi connectivity index (χ2n) is 6.92. The highest BCUT2D eigenvalue weighted by atomic mass is 127. The maximum Gasteiger partial charge on any atom is 0.418 e. The van der Waals surface area contributed by atoms with E-state index in [2.05, 4.69) is 31.4 Å². The molecular formula is C19H18F3IN2OS. The minimum atomic E-state index is -4.54. The number of rotatable bonds is 2. The molecule has 2 aromatic rings. The first-order chi connectivity index (χ1) is 12.4. The molecule has 0 unspecified atom stereocenters. The largest absolute Gasteiger partial charge is 0.418 e. The van der Waals surface area contributed by atoms with Gasteiger partial charge >= 0.3 is 6.18 Å². The zero-order valence-electron chi connectivity index (χ0n) is 14.9. The van der Waals surface area contributed by atoms with E-state index in [0.29, 0.717) is 9.13 Å². The van der Waals surface area contributed by atoms with Gasteiger partial charge in [0.1, 0.15) is 0 Å². The third-order valence-corrected chi connectivity index (χ3v) is 4.65. The molecule has 27 heavy (non-hydrogen) atoms. The van der Waals surface area contributed by atoms with E-state index in [1.54, 1.807) is 34.7 Å². The van der Waals surface area contributed by atoms with Crippen molar-refractivity contribution in [1.82, 2.24) is 5.32 Å². The molecule has 0 bridgehead atoms. The van der Waals surface area contributed by atoms with Gasteiger partial charge in [-0.15, -0.1) is 0 Å². The van der Waals surface area contributed by atoms with Crippen LogP contribution in [-0.2, 0) is 11.6 Å². The van der Waals surface area contributed by atoms with E-state index in [1.165, 1.54) is 12.1 Å². The average Bonchev–Trinajstić information content (AvgIpc) is 2.54. The molecule has 0 atom stereocenters. The van der Waals surface area contributed by atoms with Gasteiger partial charge in [0.15, 0.2) is 5.11 Å². The summed E-state index contributed by atoms with van der Waals surface area (Å²) in [5.74, 6) is -0.493. The summed E-state index contributed by atoms with van der Waals surface area (Å²) in [5, 5.41) is 4.66. The molecule has 2 aromatic carbocycles. The van der Waals surface area contributed by atoms with Crippen molar-refractivity contribution >= 4 is 51.5 Å². The van der Waals surface area contributed by atoms with Crippen LogP contribution in [0, 0.1) is 3.57 Å². The molecule has 144 valence electrons. The molecule has 0 spiro atoms. The molecular weight excluding hydrogens is 488 g/mol. The Labute approximate surface area is 174 Å². The number of benzene rings is 2. The summed E-state index contributed by atoms with van der Waals surface area (Å²) in [6, 6.07) is 10.8. The van der Waals surface area contributed by atoms with Crippen molar-refractivity contribution in [2.24, 2.45) is 0 Å². The Morgan fingerprint density at radius 3 is 2.15 bits per heavy atom. The smallest absolute Gasteiger partial charge is 0.332 e. The van der Waals surface area contributed by atoms with Gasteiger partial charge in [-0.05, 0) is 76.1 Å². The Bertz CT molecular complexity index is 859. The predicted octanol–water partition coefficient (Wildman–Crippen LogP) is 5.73. The number of halogens is 4. The van der Waals surface area contributed by atoms with Crippen LogP contribution in [0.15, 0.2) is 42.5 Å². The van der Waals surface area contributed by atoms with Crippen molar-refractivity contribution in [3.05, 3.63) is 62.7 Å². The van der Waals surface area contributed by atoms with Crippen molar-refractivity contribution in [3.63, 3.8) is 0 Å². The van der Waals surface area contributed by atoms with Gasteiger partial charge in [0, 0.05) is 9.13 Å². The molecule has 0 aliphatic rings. The van der Waals surface area contributed by atoms with E-state index in [-0.39, 0.29) is 16.2 Å². The van der Waals surface area contributed by atoms with E-state index in [9.17, 15) is 18.0 Å². The third kappa shape index (κ3) is 5.90. The average molecular weight is 506 g/mol. The molecule has 2 rings (SSSR count). The van der Waals surface area contributed by atoms with Crippen molar-refractivity contribution < 1.29 is 18.0 Å². The second kappa shape index (κ2) is 8.14. The topological polar surface area (TPSA) is 41.1 Å². The van der Waals surface area contributed by atoms with Crippen LogP contribution >= 0.6 is 34.8 Å². The number of alkyl halides is 3. The number of anilines is 1. The fraction of sp³-hybridized carbons (Fsp3) is 0.263. The second-order valence-corrected chi connectivity index (χ2v) is 8.58. The van der Waals surface area contributed by atoms with Crippen LogP contribution in [0.2, 0.25) is 0 Å². The predicted molar refractivity (Wildman–Crippen MR) is 113 cm³/mol. The molecule has 0 saturated carbocycles. The fourth-order valence-electron chi connectivity index (χ4n) is 2.31. The Balaban J connectivity index is 2.11. The summed E-state index contributed by atoms with van der Waals surface area (Å²) in [6.45, 7) is 6.17. The highest BCUT2D eigenvalue weighted by Gasteiger charge is 2.34. The number of hydrogen-bond acceptors (Lipinski definition) is 2. The normalized spacial score (nSPS) is 11.8. The van der Waals surface area contributed by atoms with E-state index >= 15 is 0 Å². The molecule has 0 aliphatic heterocycles. The maximum atomic E-state index is 13.2. The lowest BCUT2D eigenvalue weighted by molar-refractivity contribution is -0.137. The van der Waals surface area contributed by atoms with Crippen LogP contribution in [0.3, 0.4) is 0 Å². The zero-order chi connectivity index (χ0) is 20.4. The van der Waals surface area contributed by atoms with Crippen LogP contribution in [0.5, 0.6) is 0 Å². The highest BCUT2D eigenvalue weighted by Crippen LogP contribution is 2.35. The lowest BCUT2D eigenvalue weighted by atomic mass is 9.87. The molecule has 8 heteroatoms. The van der Waals surface area contributed by atoms with Crippen molar-refractivity contribution in [3.8, 4) is 0 Å². The molecule has 0 saturated heterocycles. The lowest BCUT2D eigenvalue weighted by Gasteiger charge is -2.19. The molecule has 3 nitrogen and oxygen atoms in total. The summed E-state index contributed by atoms with van der Waals surface area (Å²) < 4.78 is 39.9. The molecule has 0 radical (unpaired) electrons. The molecule has 1 amide bonds. The van der Waals surface area contributed by atoms with Gasteiger partial charge in [-0.3, -0.25) is 10.1 Å². The molecule has 0 aromatic heterocycles. The summed E-state index contributed by atoms with van der Waals surface area (Å²) in [6.07, 6.45) is -4.54. The number of carbonyl (C=O) groups is 1. The van der Waals surface area contributed by atoms with Gasteiger partial charge in [0.2, 0.25) is 0 Å². The zero-order valence-corrected chi connectivity index (χ0v) is 17.8. The first kappa shape index (κ1) is 21.6. The van der Waals surface area contributed by atoms with Crippen LogP contribution < -0.4 is 10.6 Å². The summed E-state index contributed by atoms with van der Waals surface area (Å²) >= 11 is 6.80. The molecule has 0 aliphatic carbocycles. The Hall–Kier alpha value is -1.68. The number of hydrogen-bond donors (Lipinski definition) is 2. The van der Waals surface area contributed by atoms with Crippen LogP contribution in [0.1, 0.15) is 42.3 Å². The fourth-order valence-corrected chi connectivity index (χ4v) is 3.00. The molecule has 0 fully saturated rings. The Morgan fingerprint density at radius 1 is 1.04 bits per heavy atom. The SMILES string of the molecule is CC(C)(C)c1ccc(C(=O)NC(=S)Nc2ccc(I)cc2C(F)(F)F)cc1. The van der Waals surface area contributed by atoms with Gasteiger partial charge in [0.05, 0.1) is 11.3 Å². The Kier molecular flexibility index (Phi) is 6.51. The number of carbonyl (C=O) groups excluding carboxylic acids is 1. The molecule has 0 heterocycles. The van der Waals surface area contributed by atoms with Crippen LogP contribution in [0.4, 0.5) is 18.9 Å². The third-order valence-electron chi connectivity index (χ3n) is 3.78. The quantitative estimate of drug-likeness (QED) is 0.404. The van der Waals surface area contributed by atoms with Gasteiger partial charge in [-0.2, -0.15) is 13.2 Å². The van der Waals surface area contributed by atoms with Gasteiger partial charge in [0.25, 0.3) is 5.91 Å². The first-order valence-corrected chi connectivity index (χ1v) is 9.46. The minimum absolute atomic E-state index is 0.0509. The lowest BCUT2D eigenvalue weighted by Crippen LogP contribution is -2.34. The monoisotopic (exact) mass is 506 g/mol. The van der Waals surface area contributed by atoms with E-state index in [4.69, 9.17) is 12.2 Å². The Morgan fingerprint density at radius 2 is 1.63 bits per heavy atom. The van der Waals surface area contributed by atoms with E-state index in [0.717, 1.165) is 11.6 Å². The van der Waals surface area contributed by atoms with Crippen molar-refractivity contribution in [2.75, 3.05) is 5.32 Å². The number of thiocarbonyl (C=S) groups is 1. The standard InChI is InChI=1S/C19H18F3IN2OS/c1-18(2,3)12-6-4-11(5-7-12)16(26)25-17(27)24-15-9-8-13(23)10-14(15)19(20,21)22/h4-10H,1-3H3,(H2,24,25,26,27). The minimum Gasteiger partial charge on any atom is -0.332 e.